The van der Waals surface area contributed by atoms with E-state index in [1.165, 1.54) is 0 Å². The van der Waals surface area contributed by atoms with Crippen molar-refractivity contribution in [2.75, 3.05) is 6.54 Å². The summed E-state index contributed by atoms with van der Waals surface area (Å²) in [5, 5.41) is 11.2. The van der Waals surface area contributed by atoms with E-state index in [0.29, 0.717) is 6.29 Å². The van der Waals surface area contributed by atoms with E-state index in [1.807, 2.05) is 6.92 Å². The van der Waals surface area contributed by atoms with Crippen molar-refractivity contribution in [1.29, 1.82) is 0 Å². The maximum absolute atomic E-state index is 11.1. The number of carbonyl (C=O) groups is 2. The second-order valence-electron chi connectivity index (χ2n) is 2.76. The van der Waals surface area contributed by atoms with Crippen LogP contribution >= 0.6 is 0 Å². The van der Waals surface area contributed by atoms with E-state index < -0.39 is 6.10 Å². The average Bonchev–Trinajstić information content (AvgIpc) is 2.11. The summed E-state index contributed by atoms with van der Waals surface area (Å²) in [5.41, 5.74) is 0. The number of hydrogen-bond acceptors (Lipinski definition) is 3. The van der Waals surface area contributed by atoms with Gasteiger partial charge in [-0.1, -0.05) is 13.8 Å². The first-order valence-electron chi connectivity index (χ1n) is 4.02. The van der Waals surface area contributed by atoms with E-state index in [4.69, 9.17) is 5.11 Å². The molecule has 0 bridgehead atoms. The van der Waals surface area contributed by atoms with Crippen molar-refractivity contribution >= 4 is 12.2 Å². The number of carbonyl (C=O) groups excluding carboxylic acids is 2. The Morgan fingerprint density at radius 3 is 2.67 bits per heavy atom. The van der Waals surface area contributed by atoms with Gasteiger partial charge in [0.15, 0.2) is 0 Å². The van der Waals surface area contributed by atoms with Gasteiger partial charge in [-0.05, 0) is 6.42 Å². The molecular weight excluding hydrogens is 158 g/mol. The van der Waals surface area contributed by atoms with Crippen molar-refractivity contribution < 1.29 is 14.7 Å². The highest BCUT2D eigenvalue weighted by atomic mass is 16.3. The predicted octanol–water partition coefficient (Wildman–Crippen LogP) is -0.292. The Labute approximate surface area is 72.0 Å². The first-order valence-corrected chi connectivity index (χ1v) is 4.02. The molecular formula is C8H15NO3. The van der Waals surface area contributed by atoms with Gasteiger partial charge in [-0.25, -0.2) is 0 Å². The van der Waals surface area contributed by atoms with Crippen molar-refractivity contribution in [3.63, 3.8) is 0 Å². The van der Waals surface area contributed by atoms with Gasteiger partial charge in [-0.15, -0.1) is 0 Å². The molecule has 4 heteroatoms. The molecule has 1 amide bonds. The molecule has 70 valence electrons. The van der Waals surface area contributed by atoms with Crippen LogP contribution in [0, 0.1) is 5.92 Å². The van der Waals surface area contributed by atoms with Gasteiger partial charge in [0.05, 0.1) is 6.54 Å². The first kappa shape index (κ1) is 11.1. The molecule has 0 aromatic heterocycles. The Morgan fingerprint density at radius 1 is 1.67 bits per heavy atom. The molecule has 0 heterocycles. The zero-order valence-electron chi connectivity index (χ0n) is 7.41. The van der Waals surface area contributed by atoms with E-state index in [0.717, 1.165) is 6.42 Å². The number of nitrogens with one attached hydrogen (secondary N) is 1. The van der Waals surface area contributed by atoms with Crippen LogP contribution in [0.5, 0.6) is 0 Å². The third-order valence-electron chi connectivity index (χ3n) is 1.70. The molecule has 0 fully saturated rings. The number of hydrogen-bond donors (Lipinski definition) is 2. The SMILES string of the molecule is CCC(C)C(=O)NCC(O)C=O. The normalized spacial score (nSPS) is 14.9. The first-order chi connectivity index (χ1) is 5.61. The number of aliphatic hydroxyl groups is 1. The minimum Gasteiger partial charge on any atom is -0.384 e. The summed E-state index contributed by atoms with van der Waals surface area (Å²) >= 11 is 0. The van der Waals surface area contributed by atoms with Crippen LogP contribution in [-0.2, 0) is 9.59 Å². The Kier molecular flexibility index (Phi) is 5.28. The van der Waals surface area contributed by atoms with E-state index in [1.54, 1.807) is 6.92 Å². The summed E-state index contributed by atoms with van der Waals surface area (Å²) in [4.78, 5) is 21.0. The van der Waals surface area contributed by atoms with Crippen LogP contribution in [0.15, 0.2) is 0 Å². The molecule has 4 nitrogen and oxygen atoms in total. The molecule has 0 saturated heterocycles. The summed E-state index contributed by atoms with van der Waals surface area (Å²) in [7, 11) is 0. The lowest BCUT2D eigenvalue weighted by molar-refractivity contribution is -0.125. The fourth-order valence-electron chi connectivity index (χ4n) is 0.613. The van der Waals surface area contributed by atoms with Crippen LogP contribution in [0.2, 0.25) is 0 Å². The quantitative estimate of drug-likeness (QED) is 0.561. The van der Waals surface area contributed by atoms with Gasteiger partial charge in [0, 0.05) is 5.92 Å². The molecule has 0 aromatic rings. The van der Waals surface area contributed by atoms with Gasteiger partial charge in [-0.3, -0.25) is 4.79 Å². The summed E-state index contributed by atoms with van der Waals surface area (Å²) in [6.45, 7) is 3.70. The van der Waals surface area contributed by atoms with E-state index in [2.05, 4.69) is 5.32 Å². The number of aliphatic hydroxyl groups excluding tert-OH is 1. The number of amides is 1. The van der Waals surface area contributed by atoms with Gasteiger partial charge < -0.3 is 15.2 Å². The van der Waals surface area contributed by atoms with Crippen molar-refractivity contribution in [3.8, 4) is 0 Å². The van der Waals surface area contributed by atoms with Crippen LogP contribution in [0.25, 0.3) is 0 Å². The largest absolute Gasteiger partial charge is 0.384 e. The Balaban J connectivity index is 3.63. The van der Waals surface area contributed by atoms with Crippen LogP contribution < -0.4 is 5.32 Å². The molecule has 0 aliphatic heterocycles. The van der Waals surface area contributed by atoms with Crippen molar-refractivity contribution in [2.24, 2.45) is 5.92 Å². The highest BCUT2D eigenvalue weighted by Crippen LogP contribution is 1.98. The Hall–Kier alpha value is -0.900. The summed E-state index contributed by atoms with van der Waals surface area (Å²) in [6.07, 6.45) is 0.0675. The Bertz CT molecular complexity index is 158. The van der Waals surface area contributed by atoms with E-state index in [9.17, 15) is 9.59 Å². The van der Waals surface area contributed by atoms with Gasteiger partial charge in [0.1, 0.15) is 12.4 Å². The average molecular weight is 173 g/mol. The zero-order valence-corrected chi connectivity index (χ0v) is 7.41. The molecule has 0 rings (SSSR count). The van der Waals surface area contributed by atoms with Crippen molar-refractivity contribution in [3.05, 3.63) is 0 Å². The maximum Gasteiger partial charge on any atom is 0.222 e. The van der Waals surface area contributed by atoms with E-state index in [-0.39, 0.29) is 18.4 Å². The highest BCUT2D eigenvalue weighted by molar-refractivity contribution is 5.78. The fraction of sp³-hybridized carbons (Fsp3) is 0.750. The van der Waals surface area contributed by atoms with Crippen molar-refractivity contribution in [1.82, 2.24) is 5.32 Å². The molecule has 2 atom stereocenters. The lowest BCUT2D eigenvalue weighted by Crippen LogP contribution is -2.35. The molecule has 0 radical (unpaired) electrons. The van der Waals surface area contributed by atoms with Crippen LogP contribution in [0.3, 0.4) is 0 Å². The summed E-state index contributed by atoms with van der Waals surface area (Å²) in [6, 6.07) is 0. The topological polar surface area (TPSA) is 66.4 Å². The molecule has 0 saturated carbocycles. The lowest BCUT2D eigenvalue weighted by Gasteiger charge is -2.10. The molecule has 0 spiro atoms. The van der Waals surface area contributed by atoms with Crippen LogP contribution in [-0.4, -0.2) is 29.9 Å². The smallest absolute Gasteiger partial charge is 0.222 e. The third kappa shape index (κ3) is 4.08. The molecule has 2 N–H and O–H groups in total. The lowest BCUT2D eigenvalue weighted by atomic mass is 10.1. The van der Waals surface area contributed by atoms with Crippen molar-refractivity contribution in [2.45, 2.75) is 26.4 Å². The van der Waals surface area contributed by atoms with Gasteiger partial charge in [0.2, 0.25) is 5.91 Å². The molecule has 0 aliphatic rings. The molecule has 0 aliphatic carbocycles. The third-order valence-corrected chi connectivity index (χ3v) is 1.70. The standard InChI is InChI=1S/C8H15NO3/c1-3-6(2)8(12)9-4-7(11)5-10/h5-7,11H,3-4H2,1-2H3,(H,9,12). The molecule has 2 unspecified atom stereocenters. The number of rotatable bonds is 5. The number of aldehydes is 1. The molecule has 0 aromatic carbocycles. The molecule has 12 heavy (non-hydrogen) atoms. The summed E-state index contributed by atoms with van der Waals surface area (Å²) in [5.74, 6) is -0.192. The Morgan fingerprint density at radius 2 is 2.25 bits per heavy atom. The van der Waals surface area contributed by atoms with Crippen LogP contribution in [0.4, 0.5) is 0 Å². The minimum atomic E-state index is -1.09. The second kappa shape index (κ2) is 5.71. The summed E-state index contributed by atoms with van der Waals surface area (Å²) < 4.78 is 0. The minimum absolute atomic E-state index is 0.00662. The zero-order chi connectivity index (χ0) is 9.56. The fourth-order valence-corrected chi connectivity index (χ4v) is 0.613. The van der Waals surface area contributed by atoms with Gasteiger partial charge in [-0.2, -0.15) is 0 Å². The maximum atomic E-state index is 11.1. The predicted molar refractivity (Wildman–Crippen MR) is 44.5 cm³/mol. The van der Waals surface area contributed by atoms with Gasteiger partial charge >= 0.3 is 0 Å². The van der Waals surface area contributed by atoms with Crippen LogP contribution in [0.1, 0.15) is 20.3 Å². The second-order valence-corrected chi connectivity index (χ2v) is 2.76. The van der Waals surface area contributed by atoms with Gasteiger partial charge in [0.25, 0.3) is 0 Å². The highest BCUT2D eigenvalue weighted by Gasteiger charge is 2.11. The van der Waals surface area contributed by atoms with E-state index >= 15 is 0 Å². The monoisotopic (exact) mass is 173 g/mol.